The van der Waals surface area contributed by atoms with Crippen molar-refractivity contribution in [1.29, 1.82) is 0 Å². The molecule has 1 N–H and O–H groups in total. The summed E-state index contributed by atoms with van der Waals surface area (Å²) < 4.78 is 11.5. The average molecular weight is 449 g/mol. The minimum atomic E-state index is -0.0360. The fraction of sp³-hybridized carbons (Fsp3) is 0.652. The molecule has 1 aromatic carbocycles. The number of ether oxygens (including phenoxy) is 1. The molecular formula is C23H33ClN4O3. The topological polar surface area (TPSA) is 70.8 Å². The lowest BCUT2D eigenvalue weighted by molar-refractivity contribution is 0.0463. The number of aromatic nitrogens is 1. The molecule has 0 spiro atoms. The zero-order valence-corrected chi connectivity index (χ0v) is 19.2. The number of carbonyl (C=O) groups excluding carboxylic acids is 1. The fourth-order valence-corrected chi connectivity index (χ4v) is 5.53. The molecule has 3 saturated heterocycles. The van der Waals surface area contributed by atoms with Crippen molar-refractivity contribution in [2.45, 2.75) is 69.2 Å². The van der Waals surface area contributed by atoms with E-state index < -0.39 is 0 Å². The normalized spacial score (nSPS) is 27.2. The third-order valence-electron chi connectivity index (χ3n) is 7.37. The van der Waals surface area contributed by atoms with Crippen molar-refractivity contribution in [1.82, 2.24) is 15.2 Å². The summed E-state index contributed by atoms with van der Waals surface area (Å²) in [6, 6.07) is 7.65. The highest BCUT2D eigenvalue weighted by atomic mass is 35.5. The molecule has 31 heavy (non-hydrogen) atoms. The number of piperidine rings is 3. The molecule has 1 aromatic heterocycles. The molecule has 5 rings (SSSR count). The van der Waals surface area contributed by atoms with E-state index in [1.165, 1.54) is 19.3 Å². The summed E-state index contributed by atoms with van der Waals surface area (Å²) in [7, 11) is 4.00. The van der Waals surface area contributed by atoms with Crippen molar-refractivity contribution in [3.63, 3.8) is 0 Å². The van der Waals surface area contributed by atoms with Crippen LogP contribution in [0, 0.1) is 0 Å². The lowest BCUT2D eigenvalue weighted by atomic mass is 9.82. The number of carbonyl (C=O) groups is 1. The van der Waals surface area contributed by atoms with Gasteiger partial charge in [0.2, 0.25) is 0 Å². The van der Waals surface area contributed by atoms with Gasteiger partial charge >= 0.3 is 0 Å². The van der Waals surface area contributed by atoms with Crippen LogP contribution in [0.15, 0.2) is 22.6 Å². The summed E-state index contributed by atoms with van der Waals surface area (Å²) in [4.78, 5) is 22.5. The number of halogens is 1. The minimum Gasteiger partial charge on any atom is -0.423 e. The van der Waals surface area contributed by atoms with Gasteiger partial charge in [0.05, 0.1) is 11.7 Å². The zero-order valence-electron chi connectivity index (χ0n) is 18.4. The van der Waals surface area contributed by atoms with Gasteiger partial charge in [0.15, 0.2) is 5.58 Å². The number of para-hydroxylation sites is 1. The third kappa shape index (κ3) is 4.41. The van der Waals surface area contributed by atoms with Crippen molar-refractivity contribution in [2.24, 2.45) is 0 Å². The van der Waals surface area contributed by atoms with Crippen molar-refractivity contribution in [3.8, 4) is 0 Å². The van der Waals surface area contributed by atoms with E-state index in [9.17, 15) is 4.79 Å². The molecule has 3 fully saturated rings. The molecule has 1 amide bonds. The molecule has 2 aromatic rings. The number of nitrogens with one attached hydrogen (secondary N) is 1. The summed E-state index contributed by atoms with van der Waals surface area (Å²) in [5.41, 5.74) is 1.94. The quantitative estimate of drug-likeness (QED) is 0.770. The summed E-state index contributed by atoms with van der Waals surface area (Å²) in [5, 5.41) is 3.30. The van der Waals surface area contributed by atoms with Gasteiger partial charge in [-0.2, -0.15) is 4.98 Å². The van der Waals surface area contributed by atoms with Crippen LogP contribution >= 0.6 is 12.4 Å². The number of nitrogens with zero attached hydrogens (tertiary/aromatic N) is 3. The Bertz CT molecular complexity index is 897. The molecule has 170 valence electrons. The number of rotatable bonds is 4. The second-order valence-corrected chi connectivity index (χ2v) is 9.12. The molecule has 4 heterocycles. The van der Waals surface area contributed by atoms with Crippen LogP contribution in [0.25, 0.3) is 11.1 Å². The van der Waals surface area contributed by atoms with Crippen LogP contribution in [0.1, 0.15) is 55.3 Å². The van der Waals surface area contributed by atoms with E-state index in [1.54, 1.807) is 7.11 Å². The van der Waals surface area contributed by atoms with Crippen molar-refractivity contribution < 1.29 is 13.9 Å². The van der Waals surface area contributed by atoms with Crippen LogP contribution in [-0.2, 0) is 4.74 Å². The predicted molar refractivity (Wildman–Crippen MR) is 123 cm³/mol. The van der Waals surface area contributed by atoms with Crippen LogP contribution in [0.5, 0.6) is 0 Å². The molecule has 3 aliphatic rings. The maximum atomic E-state index is 13.2. The van der Waals surface area contributed by atoms with E-state index in [-0.39, 0.29) is 24.4 Å². The highest BCUT2D eigenvalue weighted by Gasteiger charge is 2.36. The summed E-state index contributed by atoms with van der Waals surface area (Å²) in [6.07, 6.45) is 8.08. The second-order valence-electron chi connectivity index (χ2n) is 9.12. The number of hydrogen-bond acceptors (Lipinski definition) is 6. The molecule has 2 bridgehead atoms. The second kappa shape index (κ2) is 9.35. The van der Waals surface area contributed by atoms with Crippen LogP contribution in [-0.4, -0.2) is 67.3 Å². The monoisotopic (exact) mass is 448 g/mol. The first-order chi connectivity index (χ1) is 14.6. The third-order valence-corrected chi connectivity index (χ3v) is 7.37. The molecule has 8 heteroatoms. The van der Waals surface area contributed by atoms with Gasteiger partial charge in [0, 0.05) is 38.3 Å². The number of oxazole rings is 1. The Kier molecular flexibility index (Phi) is 6.74. The van der Waals surface area contributed by atoms with E-state index >= 15 is 0 Å². The van der Waals surface area contributed by atoms with Gasteiger partial charge in [-0.15, -0.1) is 12.4 Å². The van der Waals surface area contributed by atoms with Gasteiger partial charge in [-0.1, -0.05) is 12.5 Å². The van der Waals surface area contributed by atoms with Gasteiger partial charge in [0.25, 0.3) is 11.9 Å². The first kappa shape index (κ1) is 22.4. The largest absolute Gasteiger partial charge is 0.423 e. The van der Waals surface area contributed by atoms with Crippen LogP contribution in [0.3, 0.4) is 0 Å². The van der Waals surface area contributed by atoms with Gasteiger partial charge in [-0.05, 0) is 57.7 Å². The van der Waals surface area contributed by atoms with E-state index in [4.69, 9.17) is 14.1 Å². The minimum absolute atomic E-state index is 0. The molecular weight excluding hydrogens is 416 g/mol. The predicted octanol–water partition coefficient (Wildman–Crippen LogP) is 3.61. The molecule has 2 atom stereocenters. The Morgan fingerprint density at radius 3 is 2.55 bits per heavy atom. The van der Waals surface area contributed by atoms with E-state index in [0.29, 0.717) is 40.9 Å². The highest BCUT2D eigenvalue weighted by Crippen LogP contribution is 2.33. The molecule has 0 aliphatic carbocycles. The van der Waals surface area contributed by atoms with Crippen LogP contribution in [0.2, 0.25) is 0 Å². The number of amides is 1. The first-order valence-corrected chi connectivity index (χ1v) is 11.3. The Labute approximate surface area is 189 Å². The SMILES string of the molecule is COC1CCN(c2nc3c(C(=O)NC4CC5CCCC(C4)N5C)cccc3o2)CC1.Cl. The zero-order chi connectivity index (χ0) is 20.7. The molecule has 0 radical (unpaired) electrons. The van der Waals surface area contributed by atoms with Gasteiger partial charge in [-0.25, -0.2) is 0 Å². The van der Waals surface area contributed by atoms with E-state index in [0.717, 1.165) is 38.8 Å². The maximum Gasteiger partial charge on any atom is 0.298 e. The van der Waals surface area contributed by atoms with Gasteiger partial charge < -0.3 is 24.3 Å². The smallest absolute Gasteiger partial charge is 0.298 e. The molecule has 3 aliphatic heterocycles. The van der Waals surface area contributed by atoms with Gasteiger partial charge in [0.1, 0.15) is 5.52 Å². The van der Waals surface area contributed by atoms with Crippen molar-refractivity contribution in [3.05, 3.63) is 23.8 Å². The lowest BCUT2D eigenvalue weighted by Gasteiger charge is -2.47. The summed E-state index contributed by atoms with van der Waals surface area (Å²) in [6.45, 7) is 1.70. The van der Waals surface area contributed by atoms with Crippen molar-refractivity contribution in [2.75, 3.05) is 32.1 Å². The highest BCUT2D eigenvalue weighted by molar-refractivity contribution is 6.04. The van der Waals surface area contributed by atoms with Crippen LogP contribution in [0.4, 0.5) is 6.01 Å². The average Bonchev–Trinajstić information content (AvgIpc) is 3.19. The Morgan fingerprint density at radius 1 is 1.16 bits per heavy atom. The maximum absolute atomic E-state index is 13.2. The van der Waals surface area contributed by atoms with Crippen LogP contribution < -0.4 is 10.2 Å². The number of anilines is 1. The first-order valence-electron chi connectivity index (χ1n) is 11.3. The summed E-state index contributed by atoms with van der Waals surface area (Å²) >= 11 is 0. The summed E-state index contributed by atoms with van der Waals surface area (Å²) in [5.74, 6) is -0.0360. The van der Waals surface area contributed by atoms with E-state index in [1.807, 2.05) is 18.2 Å². The lowest BCUT2D eigenvalue weighted by Crippen LogP contribution is -2.55. The Balaban J connectivity index is 0.00000231. The molecule has 0 saturated carbocycles. The number of methoxy groups -OCH3 is 1. The number of benzene rings is 1. The number of hydrogen-bond donors (Lipinski definition) is 1. The Hall–Kier alpha value is -1.83. The Morgan fingerprint density at radius 2 is 1.87 bits per heavy atom. The van der Waals surface area contributed by atoms with Gasteiger partial charge in [-0.3, -0.25) is 4.79 Å². The van der Waals surface area contributed by atoms with Crippen molar-refractivity contribution >= 4 is 35.4 Å². The standard InChI is InChI=1S/C23H32N4O3.ClH/c1-26-16-5-3-6-17(26)14-15(13-16)24-22(28)19-7-4-8-20-21(19)25-23(30-20)27-11-9-18(29-2)10-12-27;/h4,7-8,15-18H,3,5-6,9-14H2,1-2H3,(H,24,28);1H. The molecule has 7 nitrogen and oxygen atoms in total. The fourth-order valence-electron chi connectivity index (χ4n) is 5.53. The van der Waals surface area contributed by atoms with E-state index in [2.05, 4.69) is 22.2 Å². The number of fused-ring (bicyclic) bond motifs is 3. The molecule has 2 unspecified atom stereocenters.